The minimum Gasteiger partial charge on any atom is -0.347 e. The molecule has 2 N–H and O–H groups in total. The second-order valence-corrected chi connectivity index (χ2v) is 6.08. The number of halogens is 1. The monoisotopic (exact) mass is 310 g/mol. The second-order valence-electron chi connectivity index (χ2n) is 5.23. The zero-order chi connectivity index (χ0) is 13.2. The van der Waals surface area contributed by atoms with E-state index in [1.807, 2.05) is 25.1 Å². The van der Waals surface area contributed by atoms with Crippen molar-refractivity contribution in [1.29, 1.82) is 0 Å². The highest BCUT2D eigenvalue weighted by Gasteiger charge is 2.28. The van der Waals surface area contributed by atoms with Crippen LogP contribution in [0.15, 0.2) is 22.7 Å². The van der Waals surface area contributed by atoms with Crippen LogP contribution < -0.4 is 10.6 Å². The average molecular weight is 311 g/mol. The number of benzene rings is 1. The molecule has 0 radical (unpaired) electrons. The summed E-state index contributed by atoms with van der Waals surface area (Å²) in [7, 11) is 0. The molecule has 1 amide bonds. The molecule has 0 unspecified atom stereocenters. The van der Waals surface area contributed by atoms with Gasteiger partial charge in [-0.2, -0.15) is 0 Å². The summed E-state index contributed by atoms with van der Waals surface area (Å²) in [6.07, 6.45) is 1.96. The van der Waals surface area contributed by atoms with Crippen LogP contribution in [0.5, 0.6) is 0 Å². The lowest BCUT2D eigenvalue weighted by Crippen LogP contribution is -2.52. The zero-order valence-electron chi connectivity index (χ0n) is 10.8. The number of hydrogen-bond donors (Lipinski definition) is 2. The molecule has 1 saturated heterocycles. The molecule has 0 bridgehead atoms. The summed E-state index contributed by atoms with van der Waals surface area (Å²) in [6, 6.07) is 5.70. The standard InChI is InChI=1S/C14H19BrN2O/c1-10-9-11(3-4-12(10)15)13(18)17-14(2)5-7-16-8-6-14/h3-4,9,16H,5-8H2,1-2H3,(H,17,18). The second kappa shape index (κ2) is 5.41. The summed E-state index contributed by atoms with van der Waals surface area (Å²) >= 11 is 3.45. The van der Waals surface area contributed by atoms with Gasteiger partial charge < -0.3 is 10.6 Å². The smallest absolute Gasteiger partial charge is 0.251 e. The van der Waals surface area contributed by atoms with Crippen LogP contribution in [0.2, 0.25) is 0 Å². The molecule has 0 aromatic heterocycles. The van der Waals surface area contributed by atoms with Crippen molar-refractivity contribution in [3.63, 3.8) is 0 Å². The highest BCUT2D eigenvalue weighted by atomic mass is 79.9. The summed E-state index contributed by atoms with van der Waals surface area (Å²) < 4.78 is 1.03. The van der Waals surface area contributed by atoms with Crippen molar-refractivity contribution in [2.24, 2.45) is 0 Å². The van der Waals surface area contributed by atoms with Crippen molar-refractivity contribution >= 4 is 21.8 Å². The molecular formula is C14H19BrN2O. The van der Waals surface area contributed by atoms with E-state index >= 15 is 0 Å². The maximum atomic E-state index is 12.2. The molecule has 2 rings (SSSR count). The topological polar surface area (TPSA) is 41.1 Å². The van der Waals surface area contributed by atoms with E-state index in [4.69, 9.17) is 0 Å². The van der Waals surface area contributed by atoms with Gasteiger partial charge in [-0.25, -0.2) is 0 Å². The Hall–Kier alpha value is -0.870. The van der Waals surface area contributed by atoms with E-state index in [0.29, 0.717) is 0 Å². The Bertz CT molecular complexity index is 453. The van der Waals surface area contributed by atoms with Crippen molar-refractivity contribution in [2.45, 2.75) is 32.2 Å². The summed E-state index contributed by atoms with van der Waals surface area (Å²) in [6.45, 7) is 6.05. The molecule has 98 valence electrons. The molecule has 1 aliphatic heterocycles. The highest BCUT2D eigenvalue weighted by Crippen LogP contribution is 2.20. The van der Waals surface area contributed by atoms with Crippen molar-refractivity contribution < 1.29 is 4.79 Å². The van der Waals surface area contributed by atoms with E-state index in [9.17, 15) is 4.79 Å². The Morgan fingerprint density at radius 1 is 1.39 bits per heavy atom. The predicted molar refractivity (Wildman–Crippen MR) is 76.9 cm³/mol. The molecule has 1 aliphatic rings. The molecule has 1 heterocycles. The normalized spacial score (nSPS) is 18.4. The molecule has 0 atom stereocenters. The lowest BCUT2D eigenvalue weighted by molar-refractivity contribution is 0.0887. The molecule has 3 nitrogen and oxygen atoms in total. The highest BCUT2D eigenvalue weighted by molar-refractivity contribution is 9.10. The first-order chi connectivity index (χ1) is 8.50. The largest absolute Gasteiger partial charge is 0.347 e. The summed E-state index contributed by atoms with van der Waals surface area (Å²) in [4.78, 5) is 12.2. The van der Waals surface area contributed by atoms with Crippen LogP contribution >= 0.6 is 15.9 Å². The number of carbonyl (C=O) groups is 1. The van der Waals surface area contributed by atoms with Gasteiger partial charge in [0.15, 0.2) is 0 Å². The third-order valence-corrected chi connectivity index (χ3v) is 4.43. The molecule has 1 aromatic carbocycles. The van der Waals surface area contributed by atoms with Gasteiger partial charge in [-0.3, -0.25) is 4.79 Å². The Labute approximate surface area is 116 Å². The van der Waals surface area contributed by atoms with Crippen molar-refractivity contribution in [3.8, 4) is 0 Å². The van der Waals surface area contributed by atoms with Gasteiger partial charge in [0.25, 0.3) is 5.91 Å². The first-order valence-corrected chi connectivity index (χ1v) is 7.09. The first kappa shape index (κ1) is 13.6. The van der Waals surface area contributed by atoms with Crippen molar-refractivity contribution in [1.82, 2.24) is 10.6 Å². The van der Waals surface area contributed by atoms with Crippen LogP contribution in [0.3, 0.4) is 0 Å². The minimum absolute atomic E-state index is 0.0231. The SMILES string of the molecule is Cc1cc(C(=O)NC2(C)CCNCC2)ccc1Br. The fraction of sp³-hybridized carbons (Fsp3) is 0.500. The van der Waals surface area contributed by atoms with Crippen LogP contribution in [-0.4, -0.2) is 24.5 Å². The van der Waals surface area contributed by atoms with Crippen molar-refractivity contribution in [3.05, 3.63) is 33.8 Å². The Morgan fingerprint density at radius 2 is 2.06 bits per heavy atom. The Balaban J connectivity index is 2.09. The molecular weight excluding hydrogens is 292 g/mol. The third kappa shape index (κ3) is 3.12. The quantitative estimate of drug-likeness (QED) is 0.881. The molecule has 0 aliphatic carbocycles. The molecule has 18 heavy (non-hydrogen) atoms. The number of carbonyl (C=O) groups excluding carboxylic acids is 1. The molecule has 1 aromatic rings. The van der Waals surface area contributed by atoms with Crippen LogP contribution in [0.1, 0.15) is 35.7 Å². The van der Waals surface area contributed by atoms with Crippen LogP contribution in [0.4, 0.5) is 0 Å². The van der Waals surface area contributed by atoms with Crippen molar-refractivity contribution in [2.75, 3.05) is 13.1 Å². The van der Waals surface area contributed by atoms with E-state index in [0.717, 1.165) is 41.5 Å². The van der Waals surface area contributed by atoms with Crippen LogP contribution in [0, 0.1) is 6.92 Å². The molecule has 0 spiro atoms. The third-order valence-electron chi connectivity index (χ3n) is 3.54. The lowest BCUT2D eigenvalue weighted by atomic mass is 9.90. The summed E-state index contributed by atoms with van der Waals surface area (Å²) in [5.74, 6) is 0.0231. The van der Waals surface area contributed by atoms with Gasteiger partial charge >= 0.3 is 0 Å². The fourth-order valence-corrected chi connectivity index (χ4v) is 2.48. The Morgan fingerprint density at radius 3 is 2.67 bits per heavy atom. The molecule has 4 heteroatoms. The first-order valence-electron chi connectivity index (χ1n) is 6.30. The molecule has 1 fully saturated rings. The lowest BCUT2D eigenvalue weighted by Gasteiger charge is -2.35. The van der Waals surface area contributed by atoms with Gasteiger partial charge in [-0.15, -0.1) is 0 Å². The number of nitrogens with one attached hydrogen (secondary N) is 2. The van der Waals surface area contributed by atoms with Crippen LogP contribution in [0.25, 0.3) is 0 Å². The maximum Gasteiger partial charge on any atom is 0.251 e. The average Bonchev–Trinajstić information content (AvgIpc) is 2.33. The number of aryl methyl sites for hydroxylation is 1. The maximum absolute atomic E-state index is 12.2. The van der Waals surface area contributed by atoms with Gasteiger partial charge in [-0.1, -0.05) is 15.9 Å². The van der Waals surface area contributed by atoms with Gasteiger partial charge in [0.1, 0.15) is 0 Å². The van der Waals surface area contributed by atoms with E-state index in [1.54, 1.807) is 0 Å². The van der Waals surface area contributed by atoms with Crippen LogP contribution in [-0.2, 0) is 0 Å². The molecule has 0 saturated carbocycles. The fourth-order valence-electron chi connectivity index (χ4n) is 2.24. The van der Waals surface area contributed by atoms with E-state index in [2.05, 4.69) is 33.5 Å². The number of amides is 1. The van der Waals surface area contributed by atoms with Gasteiger partial charge in [0.05, 0.1) is 0 Å². The number of hydrogen-bond acceptors (Lipinski definition) is 2. The summed E-state index contributed by atoms with van der Waals surface area (Å²) in [5.41, 5.74) is 1.73. The predicted octanol–water partition coefficient (Wildman–Crippen LogP) is 2.63. The van der Waals surface area contributed by atoms with Gasteiger partial charge in [0.2, 0.25) is 0 Å². The van der Waals surface area contributed by atoms with Gasteiger partial charge in [0, 0.05) is 15.6 Å². The van der Waals surface area contributed by atoms with E-state index in [1.165, 1.54) is 0 Å². The van der Waals surface area contributed by atoms with E-state index in [-0.39, 0.29) is 11.4 Å². The van der Waals surface area contributed by atoms with Gasteiger partial charge in [-0.05, 0) is 63.5 Å². The number of piperidine rings is 1. The summed E-state index contributed by atoms with van der Waals surface area (Å²) in [5, 5.41) is 6.48. The minimum atomic E-state index is -0.0800. The Kier molecular flexibility index (Phi) is 4.07. The van der Waals surface area contributed by atoms with E-state index < -0.39 is 0 Å². The number of rotatable bonds is 2. The zero-order valence-corrected chi connectivity index (χ0v) is 12.4.